The van der Waals surface area contributed by atoms with Gasteiger partial charge in [0.2, 0.25) is 0 Å². The molecule has 0 aliphatic carbocycles. The first kappa shape index (κ1) is 15.3. The number of aromatic nitrogens is 1. The number of H-pyrrole nitrogens is 1. The number of guanidine groups is 1. The van der Waals surface area contributed by atoms with Gasteiger partial charge in [-0.15, -0.1) is 0 Å². The maximum absolute atomic E-state index is 12.0. The second-order valence-electron chi connectivity index (χ2n) is 6.25. The van der Waals surface area contributed by atoms with Crippen LogP contribution in [0.2, 0.25) is 0 Å². The number of amides is 1. The molecule has 0 bridgehead atoms. The van der Waals surface area contributed by atoms with Gasteiger partial charge in [0.1, 0.15) is 5.69 Å². The van der Waals surface area contributed by atoms with Crippen molar-refractivity contribution in [3.05, 3.63) is 23.0 Å². The largest absolute Gasteiger partial charge is 0.370 e. The fraction of sp³-hybridized carbons (Fsp3) is 0.571. The van der Waals surface area contributed by atoms with Crippen LogP contribution in [0.4, 0.5) is 0 Å². The summed E-state index contributed by atoms with van der Waals surface area (Å²) in [6, 6.07) is 0. The summed E-state index contributed by atoms with van der Waals surface area (Å²) in [6.45, 7) is 10.6. The van der Waals surface area contributed by atoms with Crippen LogP contribution < -0.4 is 11.5 Å². The number of nitrogens with two attached hydrogens (primary N) is 2. The highest BCUT2D eigenvalue weighted by Crippen LogP contribution is 2.30. The number of aliphatic imine (C=N–C) groups is 1. The van der Waals surface area contributed by atoms with Crippen molar-refractivity contribution in [2.45, 2.75) is 46.5 Å². The highest BCUT2D eigenvalue weighted by atomic mass is 16.1. The molecule has 1 heterocycles. The molecule has 0 atom stereocenters. The zero-order valence-electron chi connectivity index (χ0n) is 12.4. The molecular formula is C14H24N4O. The molecule has 0 aliphatic heterocycles. The minimum absolute atomic E-state index is 0.0305. The fourth-order valence-electron chi connectivity index (χ4n) is 2.11. The lowest BCUT2D eigenvalue weighted by Gasteiger charge is -2.20. The molecule has 1 rings (SSSR count). The van der Waals surface area contributed by atoms with Gasteiger partial charge in [-0.25, -0.2) is 0 Å². The van der Waals surface area contributed by atoms with Gasteiger partial charge in [-0.3, -0.25) is 4.79 Å². The van der Waals surface area contributed by atoms with Crippen LogP contribution in [0.5, 0.6) is 0 Å². The van der Waals surface area contributed by atoms with E-state index in [4.69, 9.17) is 11.5 Å². The molecular weight excluding hydrogens is 240 g/mol. The average molecular weight is 264 g/mol. The Balaban J connectivity index is 3.30. The SMILES string of the molecule is CC(C)Cc1c(C(C)(C)C)c[nH]c1C(=O)N=C(N)N. The monoisotopic (exact) mass is 264 g/mol. The normalized spacial score (nSPS) is 11.7. The second kappa shape index (κ2) is 5.47. The molecule has 5 N–H and O–H groups in total. The number of carbonyl (C=O) groups excluding carboxylic acids is 1. The summed E-state index contributed by atoms with van der Waals surface area (Å²) in [6.07, 6.45) is 2.70. The maximum atomic E-state index is 12.0. The van der Waals surface area contributed by atoms with E-state index in [0.717, 1.165) is 17.5 Å². The van der Waals surface area contributed by atoms with Crippen LogP contribution in [-0.4, -0.2) is 16.9 Å². The van der Waals surface area contributed by atoms with Gasteiger partial charge in [0.15, 0.2) is 5.96 Å². The molecule has 106 valence electrons. The molecule has 19 heavy (non-hydrogen) atoms. The van der Waals surface area contributed by atoms with E-state index in [1.54, 1.807) is 0 Å². The maximum Gasteiger partial charge on any atom is 0.296 e. The molecule has 0 spiro atoms. The third-order valence-corrected chi connectivity index (χ3v) is 2.85. The van der Waals surface area contributed by atoms with Crippen molar-refractivity contribution in [3.63, 3.8) is 0 Å². The van der Waals surface area contributed by atoms with Crippen molar-refractivity contribution >= 4 is 11.9 Å². The molecule has 0 saturated heterocycles. The van der Waals surface area contributed by atoms with Gasteiger partial charge >= 0.3 is 0 Å². The summed E-state index contributed by atoms with van der Waals surface area (Å²) >= 11 is 0. The Morgan fingerprint density at radius 2 is 1.95 bits per heavy atom. The van der Waals surface area contributed by atoms with Gasteiger partial charge in [-0.2, -0.15) is 4.99 Å². The molecule has 0 aromatic carbocycles. The molecule has 0 saturated carbocycles. The summed E-state index contributed by atoms with van der Waals surface area (Å²) < 4.78 is 0. The lowest BCUT2D eigenvalue weighted by Crippen LogP contribution is -2.24. The number of hydrogen-bond donors (Lipinski definition) is 3. The summed E-state index contributed by atoms with van der Waals surface area (Å²) in [4.78, 5) is 18.7. The van der Waals surface area contributed by atoms with Crippen LogP contribution >= 0.6 is 0 Å². The average Bonchev–Trinajstić information content (AvgIpc) is 2.58. The molecule has 0 aliphatic rings. The summed E-state index contributed by atoms with van der Waals surface area (Å²) in [5.41, 5.74) is 13.1. The topological polar surface area (TPSA) is 97.3 Å². The predicted molar refractivity (Wildman–Crippen MR) is 78.2 cm³/mol. The zero-order valence-corrected chi connectivity index (χ0v) is 12.4. The molecule has 0 fully saturated rings. The van der Waals surface area contributed by atoms with Crippen LogP contribution in [-0.2, 0) is 11.8 Å². The number of rotatable bonds is 3. The van der Waals surface area contributed by atoms with Crippen molar-refractivity contribution in [2.75, 3.05) is 0 Å². The Morgan fingerprint density at radius 1 is 1.37 bits per heavy atom. The highest BCUT2D eigenvalue weighted by molar-refractivity contribution is 6.01. The minimum Gasteiger partial charge on any atom is -0.370 e. The van der Waals surface area contributed by atoms with E-state index in [1.165, 1.54) is 0 Å². The van der Waals surface area contributed by atoms with E-state index in [1.807, 2.05) is 6.20 Å². The van der Waals surface area contributed by atoms with Gasteiger partial charge in [0, 0.05) is 6.20 Å². The number of nitrogens with one attached hydrogen (secondary N) is 1. The molecule has 1 amide bonds. The Hall–Kier alpha value is -1.78. The van der Waals surface area contributed by atoms with Crippen molar-refractivity contribution in [1.29, 1.82) is 0 Å². The third-order valence-electron chi connectivity index (χ3n) is 2.85. The smallest absolute Gasteiger partial charge is 0.296 e. The second-order valence-corrected chi connectivity index (χ2v) is 6.25. The number of aromatic amines is 1. The summed E-state index contributed by atoms with van der Waals surface area (Å²) in [7, 11) is 0. The molecule has 0 unspecified atom stereocenters. The van der Waals surface area contributed by atoms with Gasteiger partial charge in [-0.1, -0.05) is 34.6 Å². The quantitative estimate of drug-likeness (QED) is 0.574. The van der Waals surface area contributed by atoms with Gasteiger partial charge in [0.25, 0.3) is 5.91 Å². The third kappa shape index (κ3) is 3.84. The van der Waals surface area contributed by atoms with E-state index < -0.39 is 5.91 Å². The lowest BCUT2D eigenvalue weighted by molar-refractivity contribution is 0.0997. The lowest BCUT2D eigenvalue weighted by atomic mass is 9.83. The van der Waals surface area contributed by atoms with E-state index in [2.05, 4.69) is 44.6 Å². The van der Waals surface area contributed by atoms with Crippen LogP contribution in [0.15, 0.2) is 11.2 Å². The van der Waals surface area contributed by atoms with Crippen molar-refractivity contribution in [2.24, 2.45) is 22.4 Å². The van der Waals surface area contributed by atoms with Crippen LogP contribution in [0, 0.1) is 5.92 Å². The molecule has 0 radical (unpaired) electrons. The Morgan fingerprint density at radius 3 is 2.37 bits per heavy atom. The Kier molecular flexibility index (Phi) is 4.39. The molecule has 1 aromatic heterocycles. The fourth-order valence-corrected chi connectivity index (χ4v) is 2.11. The molecule has 5 nitrogen and oxygen atoms in total. The zero-order chi connectivity index (χ0) is 14.8. The van der Waals surface area contributed by atoms with E-state index in [9.17, 15) is 4.79 Å². The van der Waals surface area contributed by atoms with Crippen molar-refractivity contribution in [3.8, 4) is 0 Å². The standard InChI is InChI=1S/C14H24N4O/c1-8(2)6-9-10(14(3,4)5)7-17-11(9)12(19)18-13(15)16/h7-8,17H,6H2,1-5H3,(H4,15,16,18,19). The summed E-state index contributed by atoms with van der Waals surface area (Å²) in [5, 5.41) is 0. The van der Waals surface area contributed by atoms with Gasteiger partial charge in [-0.05, 0) is 28.9 Å². The van der Waals surface area contributed by atoms with Gasteiger partial charge < -0.3 is 16.5 Å². The number of hydrogen-bond acceptors (Lipinski definition) is 1. The highest BCUT2D eigenvalue weighted by Gasteiger charge is 2.25. The van der Waals surface area contributed by atoms with E-state index in [0.29, 0.717) is 11.6 Å². The first-order valence-electron chi connectivity index (χ1n) is 6.47. The van der Waals surface area contributed by atoms with Crippen LogP contribution in [0.3, 0.4) is 0 Å². The first-order chi connectivity index (χ1) is 8.62. The minimum atomic E-state index is -0.411. The van der Waals surface area contributed by atoms with Crippen LogP contribution in [0.1, 0.15) is 56.2 Å². The molecule has 5 heteroatoms. The first-order valence-corrected chi connectivity index (χ1v) is 6.47. The summed E-state index contributed by atoms with van der Waals surface area (Å²) in [5.74, 6) is -0.179. The van der Waals surface area contributed by atoms with E-state index >= 15 is 0 Å². The van der Waals surface area contributed by atoms with E-state index in [-0.39, 0.29) is 11.4 Å². The number of carbonyl (C=O) groups is 1. The Labute approximate surface area is 114 Å². The Bertz CT molecular complexity index is 488. The van der Waals surface area contributed by atoms with Crippen molar-refractivity contribution in [1.82, 2.24) is 4.98 Å². The molecule has 1 aromatic rings. The number of nitrogens with zero attached hydrogens (tertiary/aromatic N) is 1. The predicted octanol–water partition coefficient (Wildman–Crippen LogP) is 1.92. The van der Waals surface area contributed by atoms with Gasteiger partial charge in [0.05, 0.1) is 0 Å². The van der Waals surface area contributed by atoms with Crippen molar-refractivity contribution < 1.29 is 4.79 Å². The van der Waals surface area contributed by atoms with Crippen LogP contribution in [0.25, 0.3) is 0 Å².